The summed E-state index contributed by atoms with van der Waals surface area (Å²) >= 11 is 4.94. The number of nitrogens with two attached hydrogens (primary N) is 1. The first-order chi connectivity index (χ1) is 6.29. The van der Waals surface area contributed by atoms with Crippen molar-refractivity contribution in [3.05, 3.63) is 42.1 Å². The van der Waals surface area contributed by atoms with Crippen molar-refractivity contribution >= 4 is 28.1 Å². The van der Waals surface area contributed by atoms with Gasteiger partial charge in [0.1, 0.15) is 4.99 Å². The summed E-state index contributed by atoms with van der Waals surface area (Å²) in [6, 6.07) is 9.61. The Bertz CT molecular complexity index is 460. The maximum atomic E-state index is 5.58. The lowest BCUT2D eigenvalue weighted by atomic mass is 10.1. The number of hydrogen-bond donors (Lipinski definition) is 1. The van der Waals surface area contributed by atoms with E-state index in [2.05, 4.69) is 4.98 Å². The molecule has 2 nitrogen and oxygen atoms in total. The number of fused-ring (bicyclic) bond motifs is 1. The van der Waals surface area contributed by atoms with Gasteiger partial charge in [0, 0.05) is 17.1 Å². The molecule has 0 aliphatic carbocycles. The molecule has 2 aromatic rings. The summed E-state index contributed by atoms with van der Waals surface area (Å²) in [4.78, 5) is 4.62. The highest BCUT2D eigenvalue weighted by atomic mass is 32.1. The van der Waals surface area contributed by atoms with E-state index in [4.69, 9.17) is 18.0 Å². The average Bonchev–Trinajstić information content (AvgIpc) is 2.17. The van der Waals surface area contributed by atoms with Crippen LogP contribution in [0, 0.1) is 0 Å². The fourth-order valence-electron chi connectivity index (χ4n) is 1.32. The Labute approximate surface area is 81.4 Å². The Morgan fingerprint density at radius 3 is 2.85 bits per heavy atom. The van der Waals surface area contributed by atoms with Crippen molar-refractivity contribution in [3.8, 4) is 0 Å². The Hall–Kier alpha value is -1.48. The van der Waals surface area contributed by atoms with E-state index in [0.29, 0.717) is 4.99 Å². The third kappa shape index (κ3) is 1.38. The van der Waals surface area contributed by atoms with E-state index < -0.39 is 0 Å². The van der Waals surface area contributed by atoms with Crippen LogP contribution >= 0.6 is 12.2 Å². The second kappa shape index (κ2) is 3.11. The minimum atomic E-state index is 0.415. The molecule has 1 heterocycles. The number of nitrogens with zero attached hydrogens (tertiary/aromatic N) is 1. The van der Waals surface area contributed by atoms with Crippen molar-refractivity contribution in [2.75, 3.05) is 0 Å². The lowest BCUT2D eigenvalue weighted by molar-refractivity contribution is 1.41. The lowest BCUT2D eigenvalue weighted by Crippen LogP contribution is -2.09. The molecule has 0 amide bonds. The third-order valence-corrected chi connectivity index (χ3v) is 2.13. The summed E-state index contributed by atoms with van der Waals surface area (Å²) in [7, 11) is 0. The van der Waals surface area contributed by atoms with E-state index in [0.717, 1.165) is 16.5 Å². The van der Waals surface area contributed by atoms with Crippen molar-refractivity contribution in [3.63, 3.8) is 0 Å². The van der Waals surface area contributed by atoms with Gasteiger partial charge >= 0.3 is 0 Å². The van der Waals surface area contributed by atoms with Crippen molar-refractivity contribution in [2.24, 2.45) is 5.73 Å². The summed E-state index contributed by atoms with van der Waals surface area (Å²) in [6.07, 6.45) is 1.76. The van der Waals surface area contributed by atoms with Crippen LogP contribution in [0.5, 0.6) is 0 Å². The fraction of sp³-hybridized carbons (Fsp3) is 0. The predicted molar refractivity (Wildman–Crippen MR) is 57.6 cm³/mol. The molecule has 0 fully saturated rings. The standard InChI is InChI=1S/C10H8N2S/c11-10(13)8-3-1-5-9-7(8)4-2-6-12-9/h1-6H,(H2,11,13). The molecule has 0 aliphatic rings. The second-order valence-corrected chi connectivity index (χ2v) is 3.18. The molecule has 64 valence electrons. The Kier molecular flexibility index (Phi) is 1.94. The molecule has 13 heavy (non-hydrogen) atoms. The van der Waals surface area contributed by atoms with E-state index in [1.54, 1.807) is 6.20 Å². The first kappa shape index (κ1) is 8.13. The maximum Gasteiger partial charge on any atom is 0.104 e. The van der Waals surface area contributed by atoms with Crippen LogP contribution in [0.2, 0.25) is 0 Å². The minimum Gasteiger partial charge on any atom is -0.389 e. The summed E-state index contributed by atoms with van der Waals surface area (Å²) < 4.78 is 0. The average molecular weight is 188 g/mol. The third-order valence-electron chi connectivity index (χ3n) is 1.91. The summed E-state index contributed by atoms with van der Waals surface area (Å²) in [5.41, 5.74) is 7.40. The minimum absolute atomic E-state index is 0.415. The molecule has 1 aromatic carbocycles. The molecule has 3 heteroatoms. The van der Waals surface area contributed by atoms with Crippen LogP contribution in [0.15, 0.2) is 36.5 Å². The van der Waals surface area contributed by atoms with Gasteiger partial charge in [0.25, 0.3) is 0 Å². The molecule has 2 N–H and O–H groups in total. The molecular formula is C10H8N2S. The molecular weight excluding hydrogens is 180 g/mol. The highest BCUT2D eigenvalue weighted by Gasteiger charge is 2.01. The molecule has 0 bridgehead atoms. The molecule has 0 radical (unpaired) electrons. The van der Waals surface area contributed by atoms with Gasteiger partial charge in [-0.25, -0.2) is 0 Å². The van der Waals surface area contributed by atoms with Crippen LogP contribution in [0.4, 0.5) is 0 Å². The van der Waals surface area contributed by atoms with Gasteiger partial charge in [-0.05, 0) is 12.1 Å². The van der Waals surface area contributed by atoms with E-state index in [1.165, 1.54) is 0 Å². The number of aromatic nitrogens is 1. The van der Waals surface area contributed by atoms with E-state index >= 15 is 0 Å². The summed E-state index contributed by atoms with van der Waals surface area (Å²) in [6.45, 7) is 0. The van der Waals surface area contributed by atoms with Gasteiger partial charge in [-0.2, -0.15) is 0 Å². The van der Waals surface area contributed by atoms with Gasteiger partial charge in [-0.1, -0.05) is 30.4 Å². The van der Waals surface area contributed by atoms with Crippen LogP contribution in [0.1, 0.15) is 5.56 Å². The SMILES string of the molecule is NC(=S)c1cccc2ncccc12. The van der Waals surface area contributed by atoms with E-state index in [9.17, 15) is 0 Å². The molecule has 0 spiro atoms. The lowest BCUT2D eigenvalue weighted by Gasteiger charge is -2.02. The summed E-state index contributed by atoms with van der Waals surface area (Å²) in [5, 5.41) is 1.01. The zero-order chi connectivity index (χ0) is 9.26. The van der Waals surface area contributed by atoms with Gasteiger partial charge in [-0.3, -0.25) is 4.98 Å². The molecule has 0 aliphatic heterocycles. The first-order valence-corrected chi connectivity index (χ1v) is 4.33. The van der Waals surface area contributed by atoms with Crippen molar-refractivity contribution in [1.82, 2.24) is 4.98 Å². The number of thiocarbonyl (C=S) groups is 1. The van der Waals surface area contributed by atoms with Gasteiger partial charge in [-0.15, -0.1) is 0 Å². The van der Waals surface area contributed by atoms with Crippen LogP contribution in [-0.4, -0.2) is 9.97 Å². The van der Waals surface area contributed by atoms with Gasteiger partial charge in [0.05, 0.1) is 5.52 Å². The smallest absolute Gasteiger partial charge is 0.104 e. The summed E-state index contributed by atoms with van der Waals surface area (Å²) in [5.74, 6) is 0. The fourth-order valence-corrected chi connectivity index (χ4v) is 1.50. The van der Waals surface area contributed by atoms with E-state index in [-0.39, 0.29) is 0 Å². The van der Waals surface area contributed by atoms with Crippen LogP contribution in [0.25, 0.3) is 10.9 Å². The maximum absolute atomic E-state index is 5.58. The molecule has 1 aromatic heterocycles. The van der Waals surface area contributed by atoms with Crippen LogP contribution in [0.3, 0.4) is 0 Å². The van der Waals surface area contributed by atoms with Crippen molar-refractivity contribution < 1.29 is 0 Å². The molecule has 0 saturated carbocycles. The highest BCUT2D eigenvalue weighted by Crippen LogP contribution is 2.15. The molecule has 0 atom stereocenters. The number of hydrogen-bond acceptors (Lipinski definition) is 2. The van der Waals surface area contributed by atoms with Gasteiger partial charge in [0.15, 0.2) is 0 Å². The Morgan fingerprint density at radius 2 is 2.08 bits per heavy atom. The quantitative estimate of drug-likeness (QED) is 0.694. The van der Waals surface area contributed by atoms with Gasteiger partial charge < -0.3 is 5.73 Å². The first-order valence-electron chi connectivity index (χ1n) is 3.92. The molecule has 0 unspecified atom stereocenters. The Morgan fingerprint density at radius 1 is 1.23 bits per heavy atom. The Balaban J connectivity index is 2.83. The van der Waals surface area contributed by atoms with Crippen molar-refractivity contribution in [2.45, 2.75) is 0 Å². The van der Waals surface area contributed by atoms with Crippen LogP contribution < -0.4 is 5.73 Å². The number of benzene rings is 1. The largest absolute Gasteiger partial charge is 0.389 e. The second-order valence-electron chi connectivity index (χ2n) is 2.74. The van der Waals surface area contributed by atoms with Crippen LogP contribution in [-0.2, 0) is 0 Å². The molecule has 0 saturated heterocycles. The zero-order valence-electron chi connectivity index (χ0n) is 6.90. The monoisotopic (exact) mass is 188 g/mol. The van der Waals surface area contributed by atoms with Gasteiger partial charge in [0.2, 0.25) is 0 Å². The number of pyridine rings is 1. The zero-order valence-corrected chi connectivity index (χ0v) is 7.71. The predicted octanol–water partition coefficient (Wildman–Crippen LogP) is 1.87. The van der Waals surface area contributed by atoms with Crippen molar-refractivity contribution in [1.29, 1.82) is 0 Å². The number of rotatable bonds is 1. The van der Waals surface area contributed by atoms with E-state index in [1.807, 2.05) is 30.3 Å². The highest BCUT2D eigenvalue weighted by molar-refractivity contribution is 7.80. The molecule has 2 rings (SSSR count). The topological polar surface area (TPSA) is 38.9 Å². The normalized spacial score (nSPS) is 10.2.